The van der Waals surface area contributed by atoms with Crippen LogP contribution in [-0.2, 0) is 0 Å². The van der Waals surface area contributed by atoms with Crippen LogP contribution in [0.15, 0.2) is 18.3 Å². The first-order valence-electron chi connectivity index (χ1n) is 6.21. The topological polar surface area (TPSA) is 68.0 Å². The molecule has 0 radical (unpaired) electrons. The van der Waals surface area contributed by atoms with E-state index in [4.69, 9.17) is 5.73 Å². The van der Waals surface area contributed by atoms with Gasteiger partial charge in [-0.05, 0) is 31.2 Å². The van der Waals surface area contributed by atoms with Gasteiger partial charge in [0.15, 0.2) is 0 Å². The average Bonchev–Trinajstić information content (AvgIpc) is 2.86. The molecule has 0 bridgehead atoms. The van der Waals surface area contributed by atoms with Gasteiger partial charge in [0.25, 0.3) is 5.91 Å². The molecule has 0 spiro atoms. The van der Waals surface area contributed by atoms with Crippen LogP contribution >= 0.6 is 11.8 Å². The van der Waals surface area contributed by atoms with E-state index in [1.807, 2.05) is 11.8 Å². The minimum atomic E-state index is -0.124. The van der Waals surface area contributed by atoms with E-state index in [-0.39, 0.29) is 10.7 Å². The monoisotopic (exact) mass is 265 g/mol. The van der Waals surface area contributed by atoms with Crippen molar-refractivity contribution in [3.63, 3.8) is 0 Å². The average molecular weight is 265 g/mol. The van der Waals surface area contributed by atoms with Gasteiger partial charge in [-0.1, -0.05) is 12.8 Å². The van der Waals surface area contributed by atoms with Gasteiger partial charge in [0, 0.05) is 17.5 Å². The fourth-order valence-corrected chi connectivity index (χ4v) is 3.33. The summed E-state index contributed by atoms with van der Waals surface area (Å²) < 4.78 is 0.215. The maximum Gasteiger partial charge on any atom is 0.255 e. The first kappa shape index (κ1) is 13.2. The molecule has 1 aromatic heterocycles. The lowest BCUT2D eigenvalue weighted by atomic mass is 10.1. The molecule has 1 aliphatic rings. The van der Waals surface area contributed by atoms with E-state index >= 15 is 0 Å². The summed E-state index contributed by atoms with van der Waals surface area (Å²) >= 11 is 1.86. The summed E-state index contributed by atoms with van der Waals surface area (Å²) in [4.78, 5) is 16.0. The van der Waals surface area contributed by atoms with Gasteiger partial charge in [0.05, 0.1) is 5.56 Å². The lowest BCUT2D eigenvalue weighted by Gasteiger charge is -2.26. The number of hydrogen-bond acceptors (Lipinski definition) is 4. The largest absolute Gasteiger partial charge is 0.383 e. The summed E-state index contributed by atoms with van der Waals surface area (Å²) in [6.45, 7) is 0.710. The van der Waals surface area contributed by atoms with Crippen molar-refractivity contribution in [3.05, 3.63) is 23.9 Å². The Labute approximate surface area is 112 Å². The van der Waals surface area contributed by atoms with Crippen LogP contribution < -0.4 is 11.1 Å². The molecule has 0 aromatic carbocycles. The maximum absolute atomic E-state index is 12.0. The number of carbonyl (C=O) groups is 1. The van der Waals surface area contributed by atoms with Crippen molar-refractivity contribution in [1.29, 1.82) is 0 Å². The fourth-order valence-electron chi connectivity index (χ4n) is 2.42. The molecule has 2 rings (SSSR count). The quantitative estimate of drug-likeness (QED) is 0.874. The van der Waals surface area contributed by atoms with Crippen molar-refractivity contribution in [2.75, 3.05) is 18.5 Å². The molecule has 98 valence electrons. The van der Waals surface area contributed by atoms with Gasteiger partial charge in [-0.3, -0.25) is 4.79 Å². The first-order valence-corrected chi connectivity index (χ1v) is 7.43. The van der Waals surface area contributed by atoms with Gasteiger partial charge >= 0.3 is 0 Å². The number of pyridine rings is 1. The SMILES string of the molecule is CSC1(CNC(=O)c2cccnc2N)CCCC1. The van der Waals surface area contributed by atoms with Crippen LogP contribution in [0.4, 0.5) is 5.82 Å². The maximum atomic E-state index is 12.0. The normalized spacial score (nSPS) is 17.6. The molecule has 1 heterocycles. The van der Waals surface area contributed by atoms with E-state index in [1.165, 1.54) is 25.7 Å². The minimum absolute atomic E-state index is 0.124. The third-order valence-electron chi connectivity index (χ3n) is 3.60. The standard InChI is InChI=1S/C13H19N3OS/c1-18-13(6-2-3-7-13)9-16-12(17)10-5-4-8-15-11(10)14/h4-5,8H,2-3,6-7,9H2,1H3,(H2,14,15)(H,16,17). The van der Waals surface area contributed by atoms with Crippen LogP contribution in [0, 0.1) is 0 Å². The Balaban J connectivity index is 1.98. The second-order valence-corrected chi connectivity index (χ2v) is 5.99. The summed E-state index contributed by atoms with van der Waals surface area (Å²) in [5, 5.41) is 2.99. The number of thioether (sulfide) groups is 1. The summed E-state index contributed by atoms with van der Waals surface area (Å²) in [6.07, 6.45) is 8.58. The Morgan fingerprint density at radius 3 is 2.89 bits per heavy atom. The Morgan fingerprint density at radius 2 is 2.28 bits per heavy atom. The second kappa shape index (κ2) is 5.61. The highest BCUT2D eigenvalue weighted by Gasteiger charge is 2.33. The van der Waals surface area contributed by atoms with Crippen molar-refractivity contribution < 1.29 is 4.79 Å². The molecule has 4 nitrogen and oxygen atoms in total. The molecule has 1 aliphatic carbocycles. The van der Waals surface area contributed by atoms with Crippen molar-refractivity contribution >= 4 is 23.5 Å². The predicted molar refractivity (Wildman–Crippen MR) is 75.7 cm³/mol. The van der Waals surface area contributed by atoms with Crippen molar-refractivity contribution in [1.82, 2.24) is 10.3 Å². The van der Waals surface area contributed by atoms with Crippen LogP contribution in [-0.4, -0.2) is 28.4 Å². The highest BCUT2D eigenvalue weighted by atomic mass is 32.2. The van der Waals surface area contributed by atoms with Crippen LogP contribution in [0.2, 0.25) is 0 Å². The molecule has 18 heavy (non-hydrogen) atoms. The van der Waals surface area contributed by atoms with E-state index in [1.54, 1.807) is 18.3 Å². The number of hydrogen-bond donors (Lipinski definition) is 2. The Bertz CT molecular complexity index is 430. The zero-order valence-corrected chi connectivity index (χ0v) is 11.4. The number of nitrogens with one attached hydrogen (secondary N) is 1. The third-order valence-corrected chi connectivity index (χ3v) is 5.02. The zero-order chi connectivity index (χ0) is 13.0. The molecule has 1 aromatic rings. The fraction of sp³-hybridized carbons (Fsp3) is 0.538. The van der Waals surface area contributed by atoms with Gasteiger partial charge in [0.2, 0.25) is 0 Å². The van der Waals surface area contributed by atoms with Crippen LogP contribution in [0.25, 0.3) is 0 Å². The van der Waals surface area contributed by atoms with E-state index in [0.29, 0.717) is 17.9 Å². The summed E-state index contributed by atoms with van der Waals surface area (Å²) in [5.41, 5.74) is 6.16. The van der Waals surface area contributed by atoms with Crippen LogP contribution in [0.3, 0.4) is 0 Å². The van der Waals surface area contributed by atoms with E-state index in [0.717, 1.165) is 0 Å². The molecule has 3 N–H and O–H groups in total. The number of rotatable bonds is 4. The second-order valence-electron chi connectivity index (χ2n) is 4.71. The number of carbonyl (C=O) groups excluding carboxylic acids is 1. The molecule has 0 aliphatic heterocycles. The predicted octanol–water partition coefficient (Wildman–Crippen LogP) is 2.07. The minimum Gasteiger partial charge on any atom is -0.383 e. The molecular weight excluding hydrogens is 246 g/mol. The number of nitrogens with two attached hydrogens (primary N) is 1. The highest BCUT2D eigenvalue weighted by molar-refractivity contribution is 8.00. The molecule has 0 unspecified atom stereocenters. The van der Waals surface area contributed by atoms with E-state index < -0.39 is 0 Å². The number of aromatic nitrogens is 1. The van der Waals surface area contributed by atoms with Crippen molar-refractivity contribution in [2.45, 2.75) is 30.4 Å². The lowest BCUT2D eigenvalue weighted by molar-refractivity contribution is 0.0950. The van der Waals surface area contributed by atoms with Gasteiger partial charge in [-0.2, -0.15) is 11.8 Å². The zero-order valence-electron chi connectivity index (χ0n) is 10.6. The number of nitrogen functional groups attached to an aromatic ring is 1. The van der Waals surface area contributed by atoms with Crippen LogP contribution in [0.1, 0.15) is 36.0 Å². The Kier molecular flexibility index (Phi) is 4.11. The highest BCUT2D eigenvalue weighted by Crippen LogP contribution is 2.39. The van der Waals surface area contributed by atoms with Crippen molar-refractivity contribution in [3.8, 4) is 0 Å². The molecule has 1 saturated carbocycles. The third kappa shape index (κ3) is 2.77. The lowest BCUT2D eigenvalue weighted by Crippen LogP contribution is -2.38. The molecule has 0 atom stereocenters. The van der Waals surface area contributed by atoms with Gasteiger partial charge in [-0.25, -0.2) is 4.98 Å². The van der Waals surface area contributed by atoms with Crippen molar-refractivity contribution in [2.24, 2.45) is 0 Å². The van der Waals surface area contributed by atoms with Gasteiger partial charge in [0.1, 0.15) is 5.82 Å². The van der Waals surface area contributed by atoms with E-state index in [9.17, 15) is 4.79 Å². The van der Waals surface area contributed by atoms with Gasteiger partial charge in [-0.15, -0.1) is 0 Å². The Morgan fingerprint density at radius 1 is 1.56 bits per heavy atom. The molecule has 1 amide bonds. The number of anilines is 1. The summed E-state index contributed by atoms with van der Waals surface area (Å²) in [5.74, 6) is 0.167. The molecule has 0 saturated heterocycles. The van der Waals surface area contributed by atoms with Gasteiger partial charge < -0.3 is 11.1 Å². The first-order chi connectivity index (χ1) is 8.67. The summed E-state index contributed by atoms with van der Waals surface area (Å²) in [7, 11) is 0. The Hall–Kier alpha value is -1.23. The van der Waals surface area contributed by atoms with E-state index in [2.05, 4.69) is 16.6 Å². The smallest absolute Gasteiger partial charge is 0.255 e. The number of nitrogens with zero attached hydrogens (tertiary/aromatic N) is 1. The summed E-state index contributed by atoms with van der Waals surface area (Å²) in [6, 6.07) is 3.43. The number of amides is 1. The molecular formula is C13H19N3OS. The van der Waals surface area contributed by atoms with Crippen LogP contribution in [0.5, 0.6) is 0 Å². The molecule has 1 fully saturated rings. The molecule has 5 heteroatoms.